The fraction of sp³-hybridized carbons (Fsp3) is 0.750. The zero-order valence-electron chi connectivity index (χ0n) is 10.00. The van der Waals surface area contributed by atoms with E-state index in [4.69, 9.17) is 9.47 Å². The number of rotatable bonds is 9. The fourth-order valence-electron chi connectivity index (χ4n) is 1.13. The molecule has 0 saturated heterocycles. The average molecular weight is 229 g/mol. The summed E-state index contributed by atoms with van der Waals surface area (Å²) >= 11 is 0. The first-order chi connectivity index (χ1) is 7.70. The van der Waals surface area contributed by atoms with E-state index in [2.05, 4.69) is 6.92 Å². The molecule has 0 N–H and O–H groups in total. The Morgan fingerprint density at radius 2 is 1.62 bits per heavy atom. The van der Waals surface area contributed by atoms with E-state index >= 15 is 0 Å². The Morgan fingerprint density at radius 3 is 2.25 bits per heavy atom. The Labute approximate surface area is 97.3 Å². The summed E-state index contributed by atoms with van der Waals surface area (Å²) in [6.07, 6.45) is 3.74. The van der Waals surface area contributed by atoms with E-state index in [9.17, 15) is 9.59 Å². The van der Waals surface area contributed by atoms with Crippen LogP contribution in [0.5, 0.6) is 0 Å². The molecule has 0 saturated carbocycles. The maximum atomic E-state index is 11.1. The van der Waals surface area contributed by atoms with Gasteiger partial charge in [0.05, 0.1) is 13.2 Å². The van der Waals surface area contributed by atoms with E-state index in [1.165, 1.54) is 0 Å². The Balaban J connectivity index is 3.26. The van der Waals surface area contributed by atoms with Crippen molar-refractivity contribution in [3.8, 4) is 0 Å². The number of ether oxygens (including phenoxy) is 2. The molecular formula is C12H21O4. The van der Waals surface area contributed by atoms with E-state index in [-0.39, 0.29) is 11.9 Å². The van der Waals surface area contributed by atoms with Crippen molar-refractivity contribution >= 4 is 11.9 Å². The van der Waals surface area contributed by atoms with Crippen molar-refractivity contribution < 1.29 is 19.1 Å². The summed E-state index contributed by atoms with van der Waals surface area (Å²) in [5, 5.41) is 0. The minimum absolute atomic E-state index is 0.181. The normalized spacial score (nSPS) is 9.88. The Bertz CT molecular complexity index is 201. The Kier molecular flexibility index (Phi) is 9.76. The van der Waals surface area contributed by atoms with Crippen LogP contribution in [-0.2, 0) is 19.1 Å². The van der Waals surface area contributed by atoms with Crippen LogP contribution in [0.25, 0.3) is 0 Å². The molecule has 1 radical (unpaired) electrons. The molecule has 0 fully saturated rings. The molecule has 0 amide bonds. The standard InChI is InChI=1S/C12H21O4/c1-3-5-8-12(14)16-10-7-6-9-11(13)15-4-2/h1,3-10H2,2H3. The van der Waals surface area contributed by atoms with Gasteiger partial charge in [0, 0.05) is 12.8 Å². The van der Waals surface area contributed by atoms with Crippen LogP contribution in [0.3, 0.4) is 0 Å². The van der Waals surface area contributed by atoms with Gasteiger partial charge in [-0.05, 0) is 26.2 Å². The van der Waals surface area contributed by atoms with E-state index < -0.39 is 0 Å². The molecular weight excluding hydrogens is 208 g/mol. The van der Waals surface area contributed by atoms with Gasteiger partial charge in [-0.3, -0.25) is 9.59 Å². The maximum Gasteiger partial charge on any atom is 0.305 e. The third kappa shape index (κ3) is 9.49. The molecule has 0 aromatic carbocycles. The number of carbonyl (C=O) groups excluding carboxylic acids is 2. The highest BCUT2D eigenvalue weighted by molar-refractivity contribution is 5.69. The molecule has 0 unspecified atom stereocenters. The average Bonchev–Trinajstić information content (AvgIpc) is 2.26. The van der Waals surface area contributed by atoms with Crippen molar-refractivity contribution in [3.05, 3.63) is 6.92 Å². The van der Waals surface area contributed by atoms with Crippen molar-refractivity contribution in [2.75, 3.05) is 13.2 Å². The second kappa shape index (κ2) is 10.5. The quantitative estimate of drug-likeness (QED) is 0.449. The molecule has 0 aliphatic carbocycles. The SMILES string of the molecule is [CH2]CCCC(=O)OCCCCC(=O)OCC. The molecule has 0 aliphatic rings. The highest BCUT2D eigenvalue weighted by Crippen LogP contribution is 2.01. The number of unbranched alkanes of at least 4 members (excludes halogenated alkanes) is 2. The van der Waals surface area contributed by atoms with Crippen LogP contribution in [0, 0.1) is 6.92 Å². The molecule has 4 nitrogen and oxygen atoms in total. The second-order valence-corrected chi connectivity index (χ2v) is 3.44. The van der Waals surface area contributed by atoms with Gasteiger partial charge < -0.3 is 9.47 Å². The summed E-state index contributed by atoms with van der Waals surface area (Å²) in [5.74, 6) is -0.370. The molecule has 0 spiro atoms. The van der Waals surface area contributed by atoms with Crippen LogP contribution in [0.1, 0.15) is 45.4 Å². The van der Waals surface area contributed by atoms with Gasteiger partial charge in [0.25, 0.3) is 0 Å². The molecule has 0 aromatic heterocycles. The molecule has 0 atom stereocenters. The van der Waals surface area contributed by atoms with Gasteiger partial charge in [-0.1, -0.05) is 13.3 Å². The molecule has 0 bridgehead atoms. The minimum atomic E-state index is -0.189. The monoisotopic (exact) mass is 229 g/mol. The zero-order valence-corrected chi connectivity index (χ0v) is 10.00. The van der Waals surface area contributed by atoms with E-state index in [0.717, 1.165) is 12.8 Å². The lowest BCUT2D eigenvalue weighted by molar-refractivity contribution is -0.144. The predicted octanol–water partition coefficient (Wildman–Crippen LogP) is 2.27. The molecule has 4 heteroatoms. The van der Waals surface area contributed by atoms with Crippen molar-refractivity contribution in [3.63, 3.8) is 0 Å². The van der Waals surface area contributed by atoms with Gasteiger partial charge in [-0.2, -0.15) is 0 Å². The summed E-state index contributed by atoms with van der Waals surface area (Å²) in [4.78, 5) is 22.0. The van der Waals surface area contributed by atoms with Crippen LogP contribution in [0.15, 0.2) is 0 Å². The molecule has 16 heavy (non-hydrogen) atoms. The summed E-state index contributed by atoms with van der Waals surface area (Å²) in [6, 6.07) is 0. The van der Waals surface area contributed by atoms with Gasteiger partial charge in [-0.25, -0.2) is 0 Å². The number of carbonyl (C=O) groups is 2. The molecule has 0 aromatic rings. The number of esters is 2. The van der Waals surface area contributed by atoms with Gasteiger partial charge >= 0.3 is 11.9 Å². The predicted molar refractivity (Wildman–Crippen MR) is 60.7 cm³/mol. The molecule has 0 rings (SSSR count). The first kappa shape index (κ1) is 14.9. The Hall–Kier alpha value is -1.06. The van der Waals surface area contributed by atoms with Crippen LogP contribution < -0.4 is 0 Å². The largest absolute Gasteiger partial charge is 0.466 e. The molecule has 0 heterocycles. The van der Waals surface area contributed by atoms with Gasteiger partial charge in [0.1, 0.15) is 0 Å². The second-order valence-electron chi connectivity index (χ2n) is 3.44. The minimum Gasteiger partial charge on any atom is -0.466 e. The molecule has 0 aliphatic heterocycles. The summed E-state index contributed by atoms with van der Waals surface area (Å²) in [5.41, 5.74) is 0. The summed E-state index contributed by atoms with van der Waals surface area (Å²) < 4.78 is 9.74. The molecule has 93 valence electrons. The Morgan fingerprint density at radius 1 is 1.00 bits per heavy atom. The first-order valence-electron chi connectivity index (χ1n) is 5.81. The topological polar surface area (TPSA) is 52.6 Å². The summed E-state index contributed by atoms with van der Waals surface area (Å²) in [6.45, 7) is 6.22. The fourth-order valence-corrected chi connectivity index (χ4v) is 1.13. The van der Waals surface area contributed by atoms with Gasteiger partial charge in [0.2, 0.25) is 0 Å². The van der Waals surface area contributed by atoms with Gasteiger partial charge in [0.15, 0.2) is 0 Å². The smallest absolute Gasteiger partial charge is 0.305 e. The number of hydrogen-bond donors (Lipinski definition) is 0. The zero-order chi connectivity index (χ0) is 12.2. The number of hydrogen-bond acceptors (Lipinski definition) is 4. The van der Waals surface area contributed by atoms with Crippen molar-refractivity contribution in [2.24, 2.45) is 0 Å². The third-order valence-electron chi connectivity index (χ3n) is 1.97. The van der Waals surface area contributed by atoms with Crippen LogP contribution in [0.4, 0.5) is 0 Å². The van der Waals surface area contributed by atoms with Crippen molar-refractivity contribution in [2.45, 2.75) is 45.4 Å². The van der Waals surface area contributed by atoms with Crippen molar-refractivity contribution in [1.82, 2.24) is 0 Å². The summed E-state index contributed by atoms with van der Waals surface area (Å²) in [7, 11) is 0. The van der Waals surface area contributed by atoms with Crippen LogP contribution in [-0.4, -0.2) is 25.2 Å². The highest BCUT2D eigenvalue weighted by atomic mass is 16.5. The van der Waals surface area contributed by atoms with Crippen LogP contribution >= 0.6 is 0 Å². The van der Waals surface area contributed by atoms with E-state index in [1.54, 1.807) is 6.92 Å². The lowest BCUT2D eigenvalue weighted by atomic mass is 10.2. The lowest BCUT2D eigenvalue weighted by Crippen LogP contribution is -2.07. The van der Waals surface area contributed by atoms with Crippen molar-refractivity contribution in [1.29, 1.82) is 0 Å². The third-order valence-corrected chi connectivity index (χ3v) is 1.97. The van der Waals surface area contributed by atoms with Crippen LogP contribution in [0.2, 0.25) is 0 Å². The first-order valence-corrected chi connectivity index (χ1v) is 5.81. The van der Waals surface area contributed by atoms with Gasteiger partial charge in [-0.15, -0.1) is 0 Å². The maximum absolute atomic E-state index is 11.1. The highest BCUT2D eigenvalue weighted by Gasteiger charge is 2.03. The van der Waals surface area contributed by atoms with E-state index in [0.29, 0.717) is 38.9 Å². The lowest BCUT2D eigenvalue weighted by Gasteiger charge is -2.04. The van der Waals surface area contributed by atoms with E-state index in [1.807, 2.05) is 0 Å².